The molecular formula is C17H24N2O5. The number of hydrogen-bond acceptors (Lipinski definition) is 5. The first-order valence-corrected chi connectivity index (χ1v) is 8.01. The van der Waals surface area contributed by atoms with E-state index in [9.17, 15) is 14.7 Å². The van der Waals surface area contributed by atoms with Gasteiger partial charge in [-0.3, -0.25) is 9.59 Å². The molecule has 2 rings (SSSR count). The fourth-order valence-corrected chi connectivity index (χ4v) is 2.04. The molecular weight excluding hydrogens is 312 g/mol. The first-order chi connectivity index (χ1) is 11.6. The summed E-state index contributed by atoms with van der Waals surface area (Å²) in [5.74, 6) is 0.455. The Morgan fingerprint density at radius 2 is 1.96 bits per heavy atom. The van der Waals surface area contributed by atoms with Crippen LogP contribution in [0.25, 0.3) is 0 Å². The zero-order valence-electron chi connectivity index (χ0n) is 13.8. The monoisotopic (exact) mass is 336 g/mol. The molecule has 7 nitrogen and oxygen atoms in total. The molecule has 24 heavy (non-hydrogen) atoms. The van der Waals surface area contributed by atoms with Crippen molar-refractivity contribution in [2.24, 2.45) is 5.92 Å². The van der Waals surface area contributed by atoms with Gasteiger partial charge < -0.3 is 25.2 Å². The smallest absolute Gasteiger partial charge is 0.239 e. The predicted octanol–water partition coefficient (Wildman–Crippen LogP) is 0.215. The molecule has 0 aliphatic heterocycles. The van der Waals surface area contributed by atoms with Crippen molar-refractivity contribution in [1.82, 2.24) is 10.6 Å². The van der Waals surface area contributed by atoms with Crippen LogP contribution in [0, 0.1) is 5.92 Å². The molecule has 0 saturated heterocycles. The maximum absolute atomic E-state index is 11.6. The number of rotatable bonds is 10. The third-order valence-corrected chi connectivity index (χ3v) is 3.64. The zero-order valence-corrected chi connectivity index (χ0v) is 13.8. The number of methoxy groups -OCH3 is 1. The fourth-order valence-electron chi connectivity index (χ4n) is 2.04. The average Bonchev–Trinajstić information content (AvgIpc) is 3.43. The van der Waals surface area contributed by atoms with Crippen molar-refractivity contribution in [2.45, 2.75) is 25.6 Å². The van der Waals surface area contributed by atoms with E-state index in [1.165, 1.54) is 0 Å². The summed E-state index contributed by atoms with van der Waals surface area (Å²) in [5, 5.41) is 14.9. The maximum Gasteiger partial charge on any atom is 0.239 e. The van der Waals surface area contributed by atoms with Crippen molar-refractivity contribution in [2.75, 3.05) is 26.8 Å². The predicted molar refractivity (Wildman–Crippen MR) is 87.4 cm³/mol. The van der Waals surface area contributed by atoms with Crippen molar-refractivity contribution in [3.05, 3.63) is 29.8 Å². The van der Waals surface area contributed by atoms with Crippen molar-refractivity contribution in [3.8, 4) is 5.75 Å². The van der Waals surface area contributed by atoms with E-state index >= 15 is 0 Å². The molecule has 0 unspecified atom stereocenters. The normalized spacial score (nSPS) is 14.8. The van der Waals surface area contributed by atoms with Gasteiger partial charge in [-0.25, -0.2) is 0 Å². The molecule has 7 heteroatoms. The molecule has 0 aromatic heterocycles. The SMILES string of the molecule is COc1ccc(COC[C@@H](O)CNC(=O)CNC(=O)C2CC2)cc1. The number of carbonyl (C=O) groups is 2. The summed E-state index contributed by atoms with van der Waals surface area (Å²) in [6.07, 6.45) is 1.00. The molecule has 0 bridgehead atoms. The van der Waals surface area contributed by atoms with Gasteiger partial charge in [0.05, 0.1) is 33.0 Å². The molecule has 0 heterocycles. The molecule has 2 amide bonds. The van der Waals surface area contributed by atoms with Crippen LogP contribution in [-0.4, -0.2) is 49.8 Å². The summed E-state index contributed by atoms with van der Waals surface area (Å²) in [7, 11) is 1.60. The number of hydrogen-bond donors (Lipinski definition) is 3. The van der Waals surface area contributed by atoms with Crippen LogP contribution in [0.2, 0.25) is 0 Å². The van der Waals surface area contributed by atoms with Gasteiger partial charge in [-0.2, -0.15) is 0 Å². The lowest BCUT2D eigenvalue weighted by atomic mass is 10.2. The van der Waals surface area contributed by atoms with Gasteiger partial charge in [0.25, 0.3) is 0 Å². The average molecular weight is 336 g/mol. The molecule has 1 aliphatic carbocycles. The van der Waals surface area contributed by atoms with Crippen LogP contribution in [0.1, 0.15) is 18.4 Å². The molecule has 1 atom stereocenters. The second kappa shape index (κ2) is 9.24. The molecule has 132 valence electrons. The van der Waals surface area contributed by atoms with Gasteiger partial charge in [-0.05, 0) is 30.5 Å². The summed E-state index contributed by atoms with van der Waals surface area (Å²) in [4.78, 5) is 23.0. The highest BCUT2D eigenvalue weighted by molar-refractivity contribution is 5.86. The highest BCUT2D eigenvalue weighted by atomic mass is 16.5. The van der Waals surface area contributed by atoms with Crippen LogP contribution in [0.4, 0.5) is 0 Å². The molecule has 1 aliphatic rings. The van der Waals surface area contributed by atoms with E-state index in [4.69, 9.17) is 9.47 Å². The molecule has 1 fully saturated rings. The van der Waals surface area contributed by atoms with E-state index in [-0.39, 0.29) is 37.4 Å². The Labute approximate surface area is 141 Å². The minimum Gasteiger partial charge on any atom is -0.497 e. The van der Waals surface area contributed by atoms with Crippen molar-refractivity contribution < 1.29 is 24.2 Å². The Bertz CT molecular complexity index is 542. The second-order valence-electron chi connectivity index (χ2n) is 5.81. The number of carbonyl (C=O) groups excluding carboxylic acids is 2. The van der Waals surface area contributed by atoms with Crippen molar-refractivity contribution in [1.29, 1.82) is 0 Å². The Kier molecular flexibility index (Phi) is 7.02. The Balaban J connectivity index is 1.54. The van der Waals surface area contributed by atoms with Gasteiger partial charge in [0.1, 0.15) is 5.75 Å². The third-order valence-electron chi connectivity index (χ3n) is 3.64. The molecule has 1 aromatic rings. The minimum atomic E-state index is -0.800. The lowest BCUT2D eigenvalue weighted by Gasteiger charge is -2.13. The van der Waals surface area contributed by atoms with Crippen LogP contribution in [0.5, 0.6) is 5.75 Å². The van der Waals surface area contributed by atoms with Gasteiger partial charge in [0.2, 0.25) is 11.8 Å². The van der Waals surface area contributed by atoms with Gasteiger partial charge in [0, 0.05) is 12.5 Å². The Hall–Kier alpha value is -2.12. The first-order valence-electron chi connectivity index (χ1n) is 8.01. The Morgan fingerprint density at radius 1 is 1.25 bits per heavy atom. The van der Waals surface area contributed by atoms with Gasteiger partial charge in [-0.1, -0.05) is 12.1 Å². The number of ether oxygens (including phenoxy) is 2. The Morgan fingerprint density at radius 3 is 2.58 bits per heavy atom. The number of nitrogens with one attached hydrogen (secondary N) is 2. The summed E-state index contributed by atoms with van der Waals surface area (Å²) in [5.41, 5.74) is 0.967. The van der Waals surface area contributed by atoms with Gasteiger partial charge >= 0.3 is 0 Å². The molecule has 1 saturated carbocycles. The van der Waals surface area contributed by atoms with Crippen LogP contribution in [0.3, 0.4) is 0 Å². The number of benzene rings is 1. The van der Waals surface area contributed by atoms with Crippen LogP contribution in [0.15, 0.2) is 24.3 Å². The summed E-state index contributed by atoms with van der Waals surface area (Å²) < 4.78 is 10.5. The lowest BCUT2D eigenvalue weighted by molar-refractivity contribution is -0.127. The highest BCUT2D eigenvalue weighted by Crippen LogP contribution is 2.28. The zero-order chi connectivity index (χ0) is 17.4. The molecule has 0 radical (unpaired) electrons. The largest absolute Gasteiger partial charge is 0.497 e. The van der Waals surface area contributed by atoms with Crippen LogP contribution < -0.4 is 15.4 Å². The standard InChI is InChI=1S/C17H24N2O5/c1-23-15-6-2-12(3-7-15)10-24-11-14(20)8-18-16(21)9-19-17(22)13-4-5-13/h2-3,6-7,13-14,20H,4-5,8-11H2,1H3,(H,18,21)(H,19,22)/t14-/m0/s1. The maximum atomic E-state index is 11.6. The van der Waals surface area contributed by atoms with E-state index in [0.717, 1.165) is 24.2 Å². The summed E-state index contributed by atoms with van der Waals surface area (Å²) in [6.45, 7) is 0.503. The molecule has 3 N–H and O–H groups in total. The second-order valence-corrected chi connectivity index (χ2v) is 5.81. The number of aliphatic hydroxyl groups is 1. The summed E-state index contributed by atoms with van der Waals surface area (Å²) in [6, 6.07) is 7.45. The van der Waals surface area contributed by atoms with E-state index in [1.807, 2.05) is 24.3 Å². The summed E-state index contributed by atoms with van der Waals surface area (Å²) >= 11 is 0. The first kappa shape index (κ1) is 18.2. The van der Waals surface area contributed by atoms with Gasteiger partial charge in [-0.15, -0.1) is 0 Å². The van der Waals surface area contributed by atoms with Crippen molar-refractivity contribution in [3.63, 3.8) is 0 Å². The van der Waals surface area contributed by atoms with Gasteiger partial charge in [0.15, 0.2) is 0 Å². The minimum absolute atomic E-state index is 0.0608. The topological polar surface area (TPSA) is 96.9 Å². The van der Waals surface area contributed by atoms with Crippen LogP contribution in [-0.2, 0) is 20.9 Å². The quantitative estimate of drug-likeness (QED) is 0.568. The van der Waals surface area contributed by atoms with E-state index in [2.05, 4.69) is 10.6 Å². The number of aliphatic hydroxyl groups excluding tert-OH is 1. The van der Waals surface area contributed by atoms with Crippen molar-refractivity contribution >= 4 is 11.8 Å². The van der Waals surface area contributed by atoms with Crippen LogP contribution >= 0.6 is 0 Å². The highest BCUT2D eigenvalue weighted by Gasteiger charge is 2.29. The fraction of sp³-hybridized carbons (Fsp3) is 0.529. The molecule has 1 aromatic carbocycles. The van der Waals surface area contributed by atoms with E-state index in [0.29, 0.717) is 6.61 Å². The van der Waals surface area contributed by atoms with E-state index in [1.54, 1.807) is 7.11 Å². The number of amides is 2. The van der Waals surface area contributed by atoms with E-state index < -0.39 is 6.10 Å². The molecule has 0 spiro atoms. The third kappa shape index (κ3) is 6.55. The lowest BCUT2D eigenvalue weighted by Crippen LogP contribution is -2.41.